The number of aliphatic hydroxyl groups is 1. The summed E-state index contributed by atoms with van der Waals surface area (Å²) in [7, 11) is 0. The summed E-state index contributed by atoms with van der Waals surface area (Å²) < 4.78 is 24.6. The predicted molar refractivity (Wildman–Crippen MR) is 60.8 cm³/mol. The van der Waals surface area contributed by atoms with Crippen LogP contribution in [-0.4, -0.2) is 42.0 Å². The summed E-state index contributed by atoms with van der Waals surface area (Å²) >= 11 is 0. The van der Waals surface area contributed by atoms with Crippen molar-refractivity contribution in [2.75, 3.05) is 19.7 Å². The van der Waals surface area contributed by atoms with E-state index < -0.39 is 13.0 Å². The minimum atomic E-state index is -2.53. The molecule has 1 fully saturated rings. The molecule has 1 rings (SSSR count). The van der Waals surface area contributed by atoms with Gasteiger partial charge in [0.05, 0.1) is 13.2 Å². The predicted octanol–water partition coefficient (Wildman–Crippen LogP) is 1.90. The van der Waals surface area contributed by atoms with Gasteiger partial charge < -0.3 is 10.0 Å². The number of hydrogen-bond donors (Lipinski definition) is 1. The van der Waals surface area contributed by atoms with Gasteiger partial charge in [-0.2, -0.15) is 0 Å². The van der Waals surface area contributed by atoms with E-state index in [1.165, 1.54) is 0 Å². The van der Waals surface area contributed by atoms with Gasteiger partial charge >= 0.3 is 0 Å². The van der Waals surface area contributed by atoms with Crippen LogP contribution < -0.4 is 0 Å². The summed E-state index contributed by atoms with van der Waals surface area (Å²) in [5, 5.41) is 8.80. The van der Waals surface area contributed by atoms with Gasteiger partial charge in [-0.3, -0.25) is 4.79 Å². The molecule has 1 amide bonds. The second-order valence-electron chi connectivity index (χ2n) is 4.86. The number of alkyl halides is 2. The highest BCUT2D eigenvalue weighted by Gasteiger charge is 2.29. The maximum absolute atomic E-state index is 12.3. The van der Waals surface area contributed by atoms with Gasteiger partial charge in [-0.05, 0) is 31.6 Å². The first-order valence-electron chi connectivity index (χ1n) is 6.22. The molecule has 0 aromatic rings. The Labute approximate surface area is 101 Å². The molecule has 3 nitrogen and oxygen atoms in total. The van der Waals surface area contributed by atoms with E-state index in [0.717, 1.165) is 30.6 Å². The zero-order valence-corrected chi connectivity index (χ0v) is 10.2. The van der Waals surface area contributed by atoms with E-state index in [4.69, 9.17) is 5.11 Å². The second-order valence-corrected chi connectivity index (χ2v) is 4.86. The lowest BCUT2D eigenvalue weighted by Crippen LogP contribution is -2.41. The van der Waals surface area contributed by atoms with Gasteiger partial charge in [0, 0.05) is 12.5 Å². The van der Waals surface area contributed by atoms with E-state index in [2.05, 4.69) is 6.92 Å². The van der Waals surface area contributed by atoms with Crippen LogP contribution in [0.15, 0.2) is 0 Å². The standard InChI is InChI=1S/C12H21F2NO2/c1-9-2-4-10(5-3-9)12(17)15(6-7-16)8-11(13)14/h9-11,16H,2-8H2,1H3. The van der Waals surface area contributed by atoms with Crippen LogP contribution in [0.2, 0.25) is 0 Å². The van der Waals surface area contributed by atoms with E-state index in [1.54, 1.807) is 0 Å². The largest absolute Gasteiger partial charge is 0.395 e. The van der Waals surface area contributed by atoms with E-state index in [-0.39, 0.29) is 25.0 Å². The van der Waals surface area contributed by atoms with Crippen LogP contribution in [0.4, 0.5) is 8.78 Å². The minimum absolute atomic E-state index is 0.00915. The summed E-state index contributed by atoms with van der Waals surface area (Å²) in [6, 6.07) is 0. The van der Waals surface area contributed by atoms with E-state index in [0.29, 0.717) is 5.92 Å². The van der Waals surface area contributed by atoms with Gasteiger partial charge in [-0.25, -0.2) is 8.78 Å². The van der Waals surface area contributed by atoms with Gasteiger partial charge in [-0.15, -0.1) is 0 Å². The second kappa shape index (κ2) is 6.89. The first-order valence-corrected chi connectivity index (χ1v) is 6.22. The molecule has 0 radical (unpaired) electrons. The molecular weight excluding hydrogens is 228 g/mol. The Balaban J connectivity index is 2.51. The third-order valence-electron chi connectivity index (χ3n) is 3.41. The number of amides is 1. The van der Waals surface area contributed by atoms with Crippen molar-refractivity contribution >= 4 is 5.91 Å². The fourth-order valence-corrected chi connectivity index (χ4v) is 2.34. The van der Waals surface area contributed by atoms with Gasteiger partial charge in [0.1, 0.15) is 0 Å². The molecule has 1 aliphatic carbocycles. The summed E-state index contributed by atoms with van der Waals surface area (Å²) in [5.41, 5.74) is 0. The molecule has 0 aromatic carbocycles. The van der Waals surface area contributed by atoms with Crippen molar-refractivity contribution in [3.05, 3.63) is 0 Å². The highest BCUT2D eigenvalue weighted by Crippen LogP contribution is 2.29. The average Bonchev–Trinajstić information content (AvgIpc) is 2.28. The van der Waals surface area contributed by atoms with E-state index in [1.807, 2.05) is 0 Å². The fourth-order valence-electron chi connectivity index (χ4n) is 2.34. The third-order valence-corrected chi connectivity index (χ3v) is 3.41. The Kier molecular flexibility index (Phi) is 5.82. The normalized spacial score (nSPS) is 25.0. The van der Waals surface area contributed by atoms with Crippen LogP contribution in [0.1, 0.15) is 32.6 Å². The molecule has 0 heterocycles. The Hall–Kier alpha value is -0.710. The number of halogens is 2. The summed E-state index contributed by atoms with van der Waals surface area (Å²) in [6.45, 7) is 1.33. The molecule has 0 aliphatic heterocycles. The molecule has 0 bridgehead atoms. The van der Waals surface area contributed by atoms with Crippen LogP contribution >= 0.6 is 0 Å². The summed E-state index contributed by atoms with van der Waals surface area (Å²) in [5.74, 6) is 0.281. The van der Waals surface area contributed by atoms with Crippen molar-refractivity contribution < 1.29 is 18.7 Å². The monoisotopic (exact) mass is 249 g/mol. The molecule has 17 heavy (non-hydrogen) atoms. The number of rotatable bonds is 5. The van der Waals surface area contributed by atoms with E-state index >= 15 is 0 Å². The minimum Gasteiger partial charge on any atom is -0.395 e. The Morgan fingerprint density at radius 1 is 1.35 bits per heavy atom. The van der Waals surface area contributed by atoms with Crippen molar-refractivity contribution in [1.29, 1.82) is 0 Å². The van der Waals surface area contributed by atoms with Gasteiger partial charge in [0.2, 0.25) is 5.91 Å². The topological polar surface area (TPSA) is 40.5 Å². The van der Waals surface area contributed by atoms with Crippen molar-refractivity contribution in [2.24, 2.45) is 11.8 Å². The van der Waals surface area contributed by atoms with E-state index in [9.17, 15) is 13.6 Å². The maximum atomic E-state index is 12.3. The number of nitrogens with zero attached hydrogens (tertiary/aromatic N) is 1. The fraction of sp³-hybridized carbons (Fsp3) is 0.917. The molecule has 1 saturated carbocycles. The molecule has 1 aliphatic rings. The lowest BCUT2D eigenvalue weighted by molar-refractivity contribution is -0.139. The van der Waals surface area contributed by atoms with Crippen molar-refractivity contribution in [2.45, 2.75) is 39.0 Å². The SMILES string of the molecule is CC1CCC(C(=O)N(CCO)CC(F)F)CC1. The molecule has 1 N–H and O–H groups in total. The van der Waals surface area contributed by atoms with Crippen LogP contribution in [0, 0.1) is 11.8 Å². The summed E-state index contributed by atoms with van der Waals surface area (Å²) in [4.78, 5) is 13.1. The number of carbonyl (C=O) groups is 1. The number of aliphatic hydroxyl groups excluding tert-OH is 1. The molecular formula is C12H21F2NO2. The summed E-state index contributed by atoms with van der Waals surface area (Å²) in [6.07, 6.45) is 1.000. The Morgan fingerprint density at radius 3 is 2.41 bits per heavy atom. The van der Waals surface area contributed by atoms with Gasteiger partial charge in [0.25, 0.3) is 6.43 Å². The smallest absolute Gasteiger partial charge is 0.255 e. The highest BCUT2D eigenvalue weighted by atomic mass is 19.3. The van der Waals surface area contributed by atoms with Crippen molar-refractivity contribution in [1.82, 2.24) is 4.90 Å². The first-order chi connectivity index (χ1) is 8.04. The maximum Gasteiger partial charge on any atom is 0.255 e. The van der Waals surface area contributed by atoms with Crippen LogP contribution in [0.5, 0.6) is 0 Å². The quantitative estimate of drug-likeness (QED) is 0.808. The van der Waals surface area contributed by atoms with Crippen LogP contribution in [-0.2, 0) is 4.79 Å². The lowest BCUT2D eigenvalue weighted by Gasteiger charge is -2.30. The number of carbonyl (C=O) groups excluding carboxylic acids is 1. The molecule has 5 heteroatoms. The van der Waals surface area contributed by atoms with Crippen molar-refractivity contribution in [3.8, 4) is 0 Å². The van der Waals surface area contributed by atoms with Gasteiger partial charge in [-0.1, -0.05) is 6.92 Å². The molecule has 0 spiro atoms. The highest BCUT2D eigenvalue weighted by molar-refractivity contribution is 5.79. The Bertz CT molecular complexity index is 241. The zero-order chi connectivity index (χ0) is 12.8. The molecule has 100 valence electrons. The van der Waals surface area contributed by atoms with Crippen LogP contribution in [0.3, 0.4) is 0 Å². The Morgan fingerprint density at radius 2 is 1.94 bits per heavy atom. The first kappa shape index (κ1) is 14.4. The van der Waals surface area contributed by atoms with Crippen LogP contribution in [0.25, 0.3) is 0 Å². The third kappa shape index (κ3) is 4.58. The van der Waals surface area contributed by atoms with Gasteiger partial charge in [0.15, 0.2) is 0 Å². The zero-order valence-electron chi connectivity index (χ0n) is 10.2. The number of hydrogen-bond acceptors (Lipinski definition) is 2. The molecule has 0 atom stereocenters. The molecule has 0 unspecified atom stereocenters. The molecule has 0 saturated heterocycles. The average molecular weight is 249 g/mol. The van der Waals surface area contributed by atoms with Crippen molar-refractivity contribution in [3.63, 3.8) is 0 Å². The molecule has 0 aromatic heterocycles. The lowest BCUT2D eigenvalue weighted by atomic mass is 9.82.